The lowest BCUT2D eigenvalue weighted by molar-refractivity contribution is -0.114. The molecule has 2 N–H and O–H groups in total. The topological polar surface area (TPSA) is 50.4 Å². The molecule has 0 aliphatic carbocycles. The van der Waals surface area contributed by atoms with E-state index in [1.165, 1.54) is 0 Å². The number of rotatable bonds is 8. The molecule has 0 fully saturated rings. The smallest absolute Gasteiger partial charge is 0.243 e. The van der Waals surface area contributed by atoms with Gasteiger partial charge < -0.3 is 15.4 Å². The normalized spacial score (nSPS) is 10.5. The maximum absolute atomic E-state index is 12.1. The molecule has 128 valence electrons. The summed E-state index contributed by atoms with van der Waals surface area (Å²) in [5.41, 5.74) is 1.67. The van der Waals surface area contributed by atoms with Crippen LogP contribution in [0.5, 0.6) is 5.75 Å². The highest BCUT2D eigenvalue weighted by Gasteiger charge is 2.04. The second-order valence-corrected chi connectivity index (χ2v) is 7.21. The fourth-order valence-electron chi connectivity index (χ4n) is 2.03. The van der Waals surface area contributed by atoms with Crippen molar-refractivity contribution in [3.63, 3.8) is 0 Å². The molecule has 2 aromatic rings. The van der Waals surface area contributed by atoms with E-state index < -0.39 is 0 Å². The Morgan fingerprint density at radius 2 is 1.88 bits per heavy atom. The predicted molar refractivity (Wildman–Crippen MR) is 108 cm³/mol. The first-order valence-electron chi connectivity index (χ1n) is 8.05. The molecule has 0 bridgehead atoms. The Morgan fingerprint density at radius 3 is 2.58 bits per heavy atom. The van der Waals surface area contributed by atoms with Crippen LogP contribution < -0.4 is 15.4 Å². The summed E-state index contributed by atoms with van der Waals surface area (Å²) in [4.78, 5) is 12.1. The van der Waals surface area contributed by atoms with Crippen molar-refractivity contribution in [3.8, 4) is 5.75 Å². The van der Waals surface area contributed by atoms with Crippen molar-refractivity contribution >= 4 is 39.9 Å². The standard InChI is InChI=1S/C19H23IN2O2/c1-14(2)10-11-24-18-5-3-4-17(12-18)22-19(23)13-21-16-8-6-15(20)7-9-16/h3-9,12,14,21H,10-11,13H2,1-2H3,(H,22,23). The zero-order valence-corrected chi connectivity index (χ0v) is 16.2. The van der Waals surface area contributed by atoms with Gasteiger partial charge in [0.05, 0.1) is 13.2 Å². The molecule has 0 radical (unpaired) electrons. The van der Waals surface area contributed by atoms with Crippen molar-refractivity contribution in [2.75, 3.05) is 23.8 Å². The summed E-state index contributed by atoms with van der Waals surface area (Å²) in [5, 5.41) is 5.99. The number of nitrogens with one attached hydrogen (secondary N) is 2. The Labute approximate surface area is 157 Å². The van der Waals surface area contributed by atoms with Gasteiger partial charge in [-0.15, -0.1) is 0 Å². The van der Waals surface area contributed by atoms with Gasteiger partial charge in [0.2, 0.25) is 5.91 Å². The SMILES string of the molecule is CC(C)CCOc1cccc(NC(=O)CNc2ccc(I)cc2)c1. The number of amides is 1. The Bertz CT molecular complexity index is 657. The Hall–Kier alpha value is -1.76. The van der Waals surface area contributed by atoms with E-state index in [9.17, 15) is 4.79 Å². The van der Waals surface area contributed by atoms with Gasteiger partial charge in [-0.25, -0.2) is 0 Å². The van der Waals surface area contributed by atoms with Gasteiger partial charge in [-0.2, -0.15) is 0 Å². The number of halogens is 1. The first-order chi connectivity index (χ1) is 11.5. The van der Waals surface area contributed by atoms with Gasteiger partial charge in [0, 0.05) is 21.0 Å². The highest BCUT2D eigenvalue weighted by Crippen LogP contribution is 2.18. The van der Waals surface area contributed by atoms with Crippen molar-refractivity contribution < 1.29 is 9.53 Å². The second-order valence-electron chi connectivity index (χ2n) is 5.97. The highest BCUT2D eigenvalue weighted by atomic mass is 127. The number of anilines is 2. The quantitative estimate of drug-likeness (QED) is 0.584. The molecule has 0 saturated heterocycles. The number of benzene rings is 2. The number of carbonyl (C=O) groups is 1. The fourth-order valence-corrected chi connectivity index (χ4v) is 2.39. The minimum absolute atomic E-state index is 0.0899. The first kappa shape index (κ1) is 18.6. The summed E-state index contributed by atoms with van der Waals surface area (Å²) in [5.74, 6) is 1.30. The van der Waals surface area contributed by atoms with Crippen LogP contribution in [0.4, 0.5) is 11.4 Å². The number of ether oxygens (including phenoxy) is 1. The van der Waals surface area contributed by atoms with E-state index in [0.717, 1.165) is 27.1 Å². The lowest BCUT2D eigenvalue weighted by Crippen LogP contribution is -2.21. The summed E-state index contributed by atoms with van der Waals surface area (Å²) in [6, 6.07) is 15.4. The van der Waals surface area contributed by atoms with Gasteiger partial charge in [-0.1, -0.05) is 19.9 Å². The molecule has 0 aliphatic rings. The second kappa shape index (κ2) is 9.52. The van der Waals surface area contributed by atoms with E-state index in [1.54, 1.807) is 0 Å². The number of hydrogen-bond donors (Lipinski definition) is 2. The average Bonchev–Trinajstić information content (AvgIpc) is 2.54. The summed E-state index contributed by atoms with van der Waals surface area (Å²) in [6.45, 7) is 5.24. The van der Waals surface area contributed by atoms with E-state index >= 15 is 0 Å². The molecule has 24 heavy (non-hydrogen) atoms. The van der Waals surface area contributed by atoms with Gasteiger partial charge in [0.15, 0.2) is 0 Å². The Balaban J connectivity index is 1.81. The van der Waals surface area contributed by atoms with Gasteiger partial charge >= 0.3 is 0 Å². The Morgan fingerprint density at radius 1 is 1.12 bits per heavy atom. The van der Waals surface area contributed by atoms with Gasteiger partial charge in [-0.05, 0) is 71.3 Å². The third-order valence-electron chi connectivity index (χ3n) is 3.38. The Kier molecular flexibility index (Phi) is 7.36. The molecule has 0 unspecified atom stereocenters. The molecule has 0 aromatic heterocycles. The molecule has 5 heteroatoms. The minimum Gasteiger partial charge on any atom is -0.494 e. The molecule has 0 aliphatic heterocycles. The fraction of sp³-hybridized carbons (Fsp3) is 0.316. The molecular weight excluding hydrogens is 415 g/mol. The number of carbonyl (C=O) groups excluding carboxylic acids is 1. The van der Waals surface area contributed by atoms with Gasteiger partial charge in [0.1, 0.15) is 5.75 Å². The molecule has 2 aromatic carbocycles. The molecular formula is C19H23IN2O2. The lowest BCUT2D eigenvalue weighted by Gasteiger charge is -2.11. The van der Waals surface area contributed by atoms with Crippen molar-refractivity contribution in [1.82, 2.24) is 0 Å². The van der Waals surface area contributed by atoms with E-state index in [2.05, 4.69) is 47.1 Å². The van der Waals surface area contributed by atoms with Gasteiger partial charge in [-0.3, -0.25) is 4.79 Å². The maximum Gasteiger partial charge on any atom is 0.243 e. The van der Waals surface area contributed by atoms with E-state index in [4.69, 9.17) is 4.74 Å². The van der Waals surface area contributed by atoms with Crippen LogP contribution in [0.15, 0.2) is 48.5 Å². The third-order valence-corrected chi connectivity index (χ3v) is 4.10. The maximum atomic E-state index is 12.1. The summed E-state index contributed by atoms with van der Waals surface area (Å²) in [6.07, 6.45) is 1.01. The first-order valence-corrected chi connectivity index (χ1v) is 9.13. The zero-order chi connectivity index (χ0) is 17.4. The van der Waals surface area contributed by atoms with Crippen LogP contribution in [0.3, 0.4) is 0 Å². The molecule has 0 spiro atoms. The monoisotopic (exact) mass is 438 g/mol. The number of hydrogen-bond acceptors (Lipinski definition) is 3. The predicted octanol–water partition coefficient (Wildman–Crippen LogP) is 4.77. The summed E-state index contributed by atoms with van der Waals surface area (Å²) < 4.78 is 6.88. The average molecular weight is 438 g/mol. The van der Waals surface area contributed by atoms with E-state index in [0.29, 0.717) is 12.5 Å². The minimum atomic E-state index is -0.0899. The van der Waals surface area contributed by atoms with Crippen LogP contribution >= 0.6 is 22.6 Å². The largest absolute Gasteiger partial charge is 0.494 e. The van der Waals surface area contributed by atoms with Crippen LogP contribution in [-0.2, 0) is 4.79 Å². The van der Waals surface area contributed by atoms with Crippen molar-refractivity contribution in [2.24, 2.45) is 5.92 Å². The van der Waals surface area contributed by atoms with E-state index in [1.807, 2.05) is 48.5 Å². The van der Waals surface area contributed by atoms with Crippen LogP contribution in [0.2, 0.25) is 0 Å². The lowest BCUT2D eigenvalue weighted by atomic mass is 10.1. The molecule has 4 nitrogen and oxygen atoms in total. The van der Waals surface area contributed by atoms with Crippen molar-refractivity contribution in [2.45, 2.75) is 20.3 Å². The molecule has 0 heterocycles. The third kappa shape index (κ3) is 6.78. The van der Waals surface area contributed by atoms with E-state index in [-0.39, 0.29) is 12.5 Å². The van der Waals surface area contributed by atoms with Crippen LogP contribution in [0, 0.1) is 9.49 Å². The van der Waals surface area contributed by atoms with Crippen LogP contribution in [0.25, 0.3) is 0 Å². The zero-order valence-electron chi connectivity index (χ0n) is 14.0. The summed E-state index contributed by atoms with van der Waals surface area (Å²) in [7, 11) is 0. The van der Waals surface area contributed by atoms with Crippen molar-refractivity contribution in [3.05, 3.63) is 52.1 Å². The highest BCUT2D eigenvalue weighted by molar-refractivity contribution is 14.1. The van der Waals surface area contributed by atoms with Crippen LogP contribution in [-0.4, -0.2) is 19.1 Å². The van der Waals surface area contributed by atoms with Crippen LogP contribution in [0.1, 0.15) is 20.3 Å². The van der Waals surface area contributed by atoms with Gasteiger partial charge in [0.25, 0.3) is 0 Å². The molecule has 0 atom stereocenters. The molecule has 1 amide bonds. The van der Waals surface area contributed by atoms with Crippen molar-refractivity contribution in [1.29, 1.82) is 0 Å². The molecule has 0 saturated carbocycles. The molecule has 2 rings (SSSR count). The summed E-state index contributed by atoms with van der Waals surface area (Å²) >= 11 is 2.25.